The lowest BCUT2D eigenvalue weighted by atomic mass is 10.1. The molecule has 3 aromatic rings. The van der Waals surface area contributed by atoms with Crippen LogP contribution in [0.5, 0.6) is 0 Å². The van der Waals surface area contributed by atoms with Gasteiger partial charge in [0.15, 0.2) is 0 Å². The van der Waals surface area contributed by atoms with Crippen molar-refractivity contribution in [2.75, 3.05) is 19.0 Å². The monoisotopic (exact) mass is 521 g/mol. The van der Waals surface area contributed by atoms with Gasteiger partial charge in [0, 0.05) is 39.7 Å². The first-order valence-electron chi connectivity index (χ1n) is 12.9. The smallest absolute Gasteiger partial charge is 0.293 e. The average molecular weight is 522 g/mol. The van der Waals surface area contributed by atoms with Gasteiger partial charge in [0.1, 0.15) is 0 Å². The summed E-state index contributed by atoms with van der Waals surface area (Å²) < 4.78 is 7.80. The standard InChI is InChI=1S/C27H33N3OS.C3H6O2/c1-18-9-5-6-10-22(18)27(31)28-25-15-16-26(24-12-8-7-11-23(24)25)32-29-19(2)17-21-14-13-20(3)30(21)4;1-2-5-3-4/h5-12,15-16,19-21,29H,13-14,17H2,1-4H3,(H,28,31);3H,2H2,1H3. The van der Waals surface area contributed by atoms with E-state index < -0.39 is 0 Å². The Balaban J connectivity index is 0.000000695. The first-order chi connectivity index (χ1) is 17.8. The minimum absolute atomic E-state index is 0.0738. The van der Waals surface area contributed by atoms with Gasteiger partial charge in [-0.15, -0.1) is 0 Å². The molecule has 3 aromatic carbocycles. The Labute approximate surface area is 225 Å². The Morgan fingerprint density at radius 2 is 1.81 bits per heavy atom. The largest absolute Gasteiger partial charge is 0.468 e. The van der Waals surface area contributed by atoms with Crippen molar-refractivity contribution >= 4 is 40.8 Å². The summed E-state index contributed by atoms with van der Waals surface area (Å²) in [4.78, 5) is 25.7. The number of benzene rings is 3. The van der Waals surface area contributed by atoms with Crippen LogP contribution in [-0.4, -0.2) is 49.1 Å². The molecule has 3 atom stereocenters. The number of aryl methyl sites for hydroxylation is 1. The van der Waals surface area contributed by atoms with Crippen molar-refractivity contribution in [2.24, 2.45) is 0 Å². The van der Waals surface area contributed by atoms with Gasteiger partial charge < -0.3 is 15.0 Å². The van der Waals surface area contributed by atoms with E-state index in [2.05, 4.69) is 64.8 Å². The number of rotatable bonds is 9. The fraction of sp³-hybridized carbons (Fsp3) is 0.400. The van der Waals surface area contributed by atoms with Crippen molar-refractivity contribution < 1.29 is 14.3 Å². The van der Waals surface area contributed by atoms with Crippen LogP contribution in [0.1, 0.15) is 56.0 Å². The molecule has 1 amide bonds. The lowest BCUT2D eigenvalue weighted by Crippen LogP contribution is -2.35. The molecule has 3 unspecified atom stereocenters. The lowest BCUT2D eigenvalue weighted by molar-refractivity contribution is -0.128. The van der Waals surface area contributed by atoms with E-state index in [-0.39, 0.29) is 5.91 Å². The summed E-state index contributed by atoms with van der Waals surface area (Å²) in [7, 11) is 2.25. The predicted molar refractivity (Wildman–Crippen MR) is 154 cm³/mol. The molecular formula is C30H39N3O3S. The zero-order valence-corrected chi connectivity index (χ0v) is 23.3. The number of fused-ring (bicyclic) bond motifs is 1. The van der Waals surface area contributed by atoms with Gasteiger partial charge in [0.05, 0.1) is 6.61 Å². The van der Waals surface area contributed by atoms with E-state index in [0.29, 0.717) is 36.8 Å². The molecule has 0 aliphatic carbocycles. The van der Waals surface area contributed by atoms with E-state index in [9.17, 15) is 9.59 Å². The molecule has 0 bridgehead atoms. The van der Waals surface area contributed by atoms with Crippen LogP contribution in [0, 0.1) is 6.92 Å². The van der Waals surface area contributed by atoms with Gasteiger partial charge in [-0.25, -0.2) is 0 Å². The molecule has 0 saturated carbocycles. The van der Waals surface area contributed by atoms with Crippen LogP contribution in [0.25, 0.3) is 10.8 Å². The van der Waals surface area contributed by atoms with Crippen LogP contribution in [0.4, 0.5) is 5.69 Å². The predicted octanol–water partition coefficient (Wildman–Crippen LogP) is 6.44. The molecule has 1 heterocycles. The van der Waals surface area contributed by atoms with E-state index in [1.165, 1.54) is 17.7 Å². The second-order valence-corrected chi connectivity index (χ2v) is 10.5. The Kier molecular flexibility index (Phi) is 11.0. The van der Waals surface area contributed by atoms with Crippen molar-refractivity contribution in [2.45, 2.75) is 70.0 Å². The summed E-state index contributed by atoms with van der Waals surface area (Å²) in [6.45, 7) is 9.21. The number of hydrogen-bond donors (Lipinski definition) is 2. The second kappa shape index (κ2) is 14.2. The van der Waals surface area contributed by atoms with Crippen molar-refractivity contribution in [3.05, 3.63) is 71.8 Å². The summed E-state index contributed by atoms with van der Waals surface area (Å²) in [5, 5.41) is 5.32. The fourth-order valence-electron chi connectivity index (χ4n) is 4.66. The Bertz CT molecular complexity index is 1190. The Hall–Kier alpha value is -2.87. The maximum atomic E-state index is 12.9. The summed E-state index contributed by atoms with van der Waals surface area (Å²) in [6, 6.07) is 21.8. The molecule has 1 fully saturated rings. The summed E-state index contributed by atoms with van der Waals surface area (Å²) in [5.41, 5.74) is 2.52. The first kappa shape index (κ1) is 28.7. The van der Waals surface area contributed by atoms with Crippen molar-refractivity contribution in [1.82, 2.24) is 9.62 Å². The van der Waals surface area contributed by atoms with E-state index in [1.54, 1.807) is 18.9 Å². The highest BCUT2D eigenvalue weighted by Crippen LogP contribution is 2.33. The molecule has 198 valence electrons. The number of ether oxygens (including phenoxy) is 1. The van der Waals surface area contributed by atoms with Gasteiger partial charge in [0.2, 0.25) is 0 Å². The SMILES string of the molecule is CCOC=O.Cc1ccccc1C(=O)Nc1ccc(SNC(C)CC2CCC(C)N2C)c2ccccc12. The third kappa shape index (κ3) is 7.81. The topological polar surface area (TPSA) is 70.7 Å². The first-order valence-corrected chi connectivity index (χ1v) is 13.8. The van der Waals surface area contributed by atoms with Crippen molar-refractivity contribution in [1.29, 1.82) is 0 Å². The number of carbonyl (C=O) groups excluding carboxylic acids is 2. The van der Waals surface area contributed by atoms with Crippen LogP contribution >= 0.6 is 11.9 Å². The molecule has 0 spiro atoms. The molecule has 1 aliphatic heterocycles. The number of nitrogens with one attached hydrogen (secondary N) is 2. The molecule has 6 nitrogen and oxygen atoms in total. The highest BCUT2D eigenvalue weighted by atomic mass is 32.2. The highest BCUT2D eigenvalue weighted by Gasteiger charge is 2.28. The zero-order valence-electron chi connectivity index (χ0n) is 22.5. The molecule has 37 heavy (non-hydrogen) atoms. The van der Waals surface area contributed by atoms with Crippen molar-refractivity contribution in [3.8, 4) is 0 Å². The fourth-order valence-corrected chi connectivity index (χ4v) is 5.51. The van der Waals surface area contributed by atoms with Gasteiger partial charge >= 0.3 is 0 Å². The highest BCUT2D eigenvalue weighted by molar-refractivity contribution is 7.97. The number of hydrogen-bond acceptors (Lipinski definition) is 6. The molecular weight excluding hydrogens is 482 g/mol. The third-order valence-corrected chi connectivity index (χ3v) is 8.04. The quantitative estimate of drug-likeness (QED) is 0.250. The van der Waals surface area contributed by atoms with E-state index in [1.807, 2.05) is 43.3 Å². The Morgan fingerprint density at radius 3 is 2.43 bits per heavy atom. The number of nitrogens with zero attached hydrogens (tertiary/aromatic N) is 1. The molecule has 4 rings (SSSR count). The molecule has 1 aliphatic rings. The Morgan fingerprint density at radius 1 is 1.11 bits per heavy atom. The number of amides is 1. The third-order valence-electron chi connectivity index (χ3n) is 6.94. The van der Waals surface area contributed by atoms with Gasteiger partial charge in [-0.3, -0.25) is 14.3 Å². The van der Waals surface area contributed by atoms with Gasteiger partial charge in [0.25, 0.3) is 12.4 Å². The van der Waals surface area contributed by atoms with Gasteiger partial charge in [-0.2, -0.15) is 0 Å². The number of carbonyl (C=O) groups is 2. The molecule has 0 radical (unpaired) electrons. The molecule has 1 saturated heterocycles. The van der Waals surface area contributed by atoms with Crippen LogP contribution in [0.15, 0.2) is 65.6 Å². The zero-order chi connectivity index (χ0) is 26.8. The number of anilines is 1. The van der Waals surface area contributed by atoms with E-state index >= 15 is 0 Å². The van der Waals surface area contributed by atoms with E-state index in [4.69, 9.17) is 0 Å². The van der Waals surface area contributed by atoms with Crippen molar-refractivity contribution in [3.63, 3.8) is 0 Å². The minimum Gasteiger partial charge on any atom is -0.468 e. The maximum absolute atomic E-state index is 12.9. The van der Waals surface area contributed by atoms with Crippen LogP contribution in [0.3, 0.4) is 0 Å². The molecule has 2 N–H and O–H groups in total. The van der Waals surface area contributed by atoms with Crippen LogP contribution < -0.4 is 10.0 Å². The molecule has 7 heteroatoms. The summed E-state index contributed by atoms with van der Waals surface area (Å²) >= 11 is 1.69. The second-order valence-electron chi connectivity index (χ2n) is 9.58. The summed E-state index contributed by atoms with van der Waals surface area (Å²) in [5.74, 6) is -0.0738. The van der Waals surface area contributed by atoms with Crippen LogP contribution in [0.2, 0.25) is 0 Å². The van der Waals surface area contributed by atoms with Crippen LogP contribution in [-0.2, 0) is 9.53 Å². The number of likely N-dealkylation sites (tertiary alicyclic amines) is 1. The summed E-state index contributed by atoms with van der Waals surface area (Å²) in [6.07, 6.45) is 3.73. The maximum Gasteiger partial charge on any atom is 0.293 e. The lowest BCUT2D eigenvalue weighted by Gasteiger charge is -2.26. The van der Waals surface area contributed by atoms with Gasteiger partial charge in [-0.05, 0) is 95.1 Å². The van der Waals surface area contributed by atoms with Gasteiger partial charge in [-0.1, -0.05) is 42.5 Å². The minimum atomic E-state index is -0.0738. The molecule has 0 aromatic heterocycles. The average Bonchev–Trinajstić information content (AvgIpc) is 3.21. The van der Waals surface area contributed by atoms with E-state index in [0.717, 1.165) is 28.4 Å². The normalized spacial score (nSPS) is 18.1.